The first kappa shape index (κ1) is 12.4. The topological polar surface area (TPSA) is 96.6 Å². The van der Waals surface area contributed by atoms with Crippen molar-refractivity contribution in [2.45, 2.75) is 6.92 Å². The number of anilines is 1. The van der Waals surface area contributed by atoms with Crippen molar-refractivity contribution in [2.24, 2.45) is 0 Å². The van der Waals surface area contributed by atoms with Crippen LogP contribution in [0.5, 0.6) is 0 Å². The van der Waals surface area contributed by atoms with E-state index >= 15 is 0 Å². The lowest BCUT2D eigenvalue weighted by Crippen LogP contribution is -2.09. The van der Waals surface area contributed by atoms with Gasteiger partial charge >= 0.3 is 5.97 Å². The first-order chi connectivity index (χ1) is 8.29. The lowest BCUT2D eigenvalue weighted by molar-refractivity contribution is 0.0664. The molecular weight excluding hydrogens is 258 g/mol. The highest BCUT2D eigenvalue weighted by Gasteiger charge is 2.19. The molecule has 7 heteroatoms. The van der Waals surface area contributed by atoms with Gasteiger partial charge in [0.15, 0.2) is 0 Å². The number of hydrogen-bond acceptors (Lipinski definition) is 4. The molecule has 0 saturated carbocycles. The van der Waals surface area contributed by atoms with Crippen LogP contribution in [0.25, 0.3) is 11.0 Å². The van der Waals surface area contributed by atoms with Crippen LogP contribution in [-0.4, -0.2) is 25.7 Å². The number of sulfonamides is 1. The van der Waals surface area contributed by atoms with E-state index in [1.54, 1.807) is 25.1 Å². The maximum Gasteiger partial charge on any atom is 0.372 e. The van der Waals surface area contributed by atoms with E-state index in [4.69, 9.17) is 9.52 Å². The van der Waals surface area contributed by atoms with E-state index in [1.165, 1.54) is 0 Å². The molecule has 0 saturated heterocycles. The maximum atomic E-state index is 11.2. The number of rotatable bonds is 3. The van der Waals surface area contributed by atoms with Gasteiger partial charge in [0, 0.05) is 10.9 Å². The molecule has 0 amide bonds. The van der Waals surface area contributed by atoms with Crippen molar-refractivity contribution in [3.8, 4) is 0 Å². The highest BCUT2D eigenvalue weighted by Crippen LogP contribution is 2.31. The van der Waals surface area contributed by atoms with Crippen LogP contribution in [0.15, 0.2) is 22.6 Å². The minimum Gasteiger partial charge on any atom is -0.475 e. The molecule has 0 unspecified atom stereocenters. The summed E-state index contributed by atoms with van der Waals surface area (Å²) in [5.41, 5.74) is 1.03. The predicted molar refractivity (Wildman–Crippen MR) is 66.4 cm³/mol. The quantitative estimate of drug-likeness (QED) is 0.885. The Kier molecular flexibility index (Phi) is 2.78. The fraction of sp³-hybridized carbons (Fsp3) is 0.182. The third kappa shape index (κ3) is 2.17. The first-order valence-corrected chi connectivity index (χ1v) is 6.92. The molecule has 96 valence electrons. The lowest BCUT2D eigenvalue weighted by atomic mass is 10.1. The number of benzene rings is 1. The number of carboxylic acids is 1. The zero-order chi connectivity index (χ0) is 13.5. The van der Waals surface area contributed by atoms with Crippen molar-refractivity contribution in [3.63, 3.8) is 0 Å². The van der Waals surface area contributed by atoms with Gasteiger partial charge in [-0.25, -0.2) is 13.2 Å². The summed E-state index contributed by atoms with van der Waals surface area (Å²) in [6, 6.07) is 4.73. The summed E-state index contributed by atoms with van der Waals surface area (Å²) in [6.07, 6.45) is 1.03. The molecule has 0 fully saturated rings. The molecule has 2 rings (SSSR count). The number of aryl methyl sites for hydroxylation is 1. The molecule has 0 aliphatic rings. The summed E-state index contributed by atoms with van der Waals surface area (Å²) >= 11 is 0. The second-order valence-electron chi connectivity index (χ2n) is 3.91. The summed E-state index contributed by atoms with van der Waals surface area (Å²) in [6.45, 7) is 1.57. The molecule has 0 atom stereocenters. The van der Waals surface area contributed by atoms with Crippen LogP contribution in [0.4, 0.5) is 5.69 Å². The van der Waals surface area contributed by atoms with Gasteiger partial charge in [-0.1, -0.05) is 6.07 Å². The van der Waals surface area contributed by atoms with E-state index in [1.807, 2.05) is 0 Å². The van der Waals surface area contributed by atoms with Crippen molar-refractivity contribution < 1.29 is 22.7 Å². The monoisotopic (exact) mass is 269 g/mol. The van der Waals surface area contributed by atoms with E-state index in [-0.39, 0.29) is 5.76 Å². The number of aromatic carboxylic acids is 1. The lowest BCUT2D eigenvalue weighted by Gasteiger charge is -2.05. The highest BCUT2D eigenvalue weighted by atomic mass is 32.2. The number of hydrogen-bond donors (Lipinski definition) is 2. The van der Waals surface area contributed by atoms with Gasteiger partial charge in [0.1, 0.15) is 5.58 Å². The maximum absolute atomic E-state index is 11.2. The fourth-order valence-corrected chi connectivity index (χ4v) is 2.36. The minimum absolute atomic E-state index is 0.187. The Morgan fingerprint density at radius 3 is 2.61 bits per heavy atom. The summed E-state index contributed by atoms with van der Waals surface area (Å²) < 4.78 is 30.0. The van der Waals surface area contributed by atoms with Gasteiger partial charge < -0.3 is 9.52 Å². The third-order valence-electron chi connectivity index (χ3n) is 2.44. The molecule has 1 aromatic heterocycles. The second-order valence-corrected chi connectivity index (χ2v) is 5.66. The third-order valence-corrected chi connectivity index (χ3v) is 3.03. The Morgan fingerprint density at radius 2 is 2.06 bits per heavy atom. The van der Waals surface area contributed by atoms with Gasteiger partial charge in [-0.2, -0.15) is 0 Å². The molecule has 18 heavy (non-hydrogen) atoms. The summed E-state index contributed by atoms with van der Waals surface area (Å²) in [5, 5.41) is 9.42. The Balaban J connectivity index is 2.73. The number of nitrogens with one attached hydrogen (secondary N) is 1. The van der Waals surface area contributed by atoms with Crippen molar-refractivity contribution >= 4 is 32.6 Å². The molecular formula is C11H11NO5S. The summed E-state index contributed by atoms with van der Waals surface area (Å²) in [7, 11) is -3.44. The predicted octanol–water partition coefficient (Wildman–Crippen LogP) is 1.81. The average molecular weight is 269 g/mol. The molecule has 1 heterocycles. The molecule has 2 N–H and O–H groups in total. The number of furan rings is 1. The number of carboxylic acid groups (broad SMARTS) is 1. The van der Waals surface area contributed by atoms with E-state index in [9.17, 15) is 13.2 Å². The summed E-state index contributed by atoms with van der Waals surface area (Å²) in [5.74, 6) is -1.37. The minimum atomic E-state index is -3.44. The van der Waals surface area contributed by atoms with Crippen molar-refractivity contribution in [1.29, 1.82) is 0 Å². The molecule has 0 spiro atoms. The number of carbonyl (C=O) groups is 1. The van der Waals surface area contributed by atoms with Crippen LogP contribution >= 0.6 is 0 Å². The standard InChI is InChI=1S/C11H11NO5S/c1-6-9-7(12-18(2,15)16)4-3-5-8(9)17-10(6)11(13)14/h3-5,12H,1-2H3,(H,13,14). The first-order valence-electron chi connectivity index (χ1n) is 5.03. The van der Waals surface area contributed by atoms with Gasteiger partial charge in [0.05, 0.1) is 11.9 Å². The Morgan fingerprint density at radius 1 is 1.39 bits per heavy atom. The Hall–Kier alpha value is -2.02. The smallest absolute Gasteiger partial charge is 0.372 e. The second kappa shape index (κ2) is 4.02. The van der Waals surface area contributed by atoms with Crippen molar-refractivity contribution in [3.05, 3.63) is 29.5 Å². The van der Waals surface area contributed by atoms with Crippen LogP contribution in [0.3, 0.4) is 0 Å². The van der Waals surface area contributed by atoms with E-state index < -0.39 is 16.0 Å². The molecule has 6 nitrogen and oxygen atoms in total. The van der Waals surface area contributed by atoms with Crippen LogP contribution in [0, 0.1) is 6.92 Å². The SMILES string of the molecule is Cc1c(C(=O)O)oc2cccc(NS(C)(=O)=O)c12. The largest absolute Gasteiger partial charge is 0.475 e. The van der Waals surface area contributed by atoms with Gasteiger partial charge in [-0.3, -0.25) is 4.72 Å². The average Bonchev–Trinajstić information content (AvgIpc) is 2.55. The zero-order valence-electron chi connectivity index (χ0n) is 9.72. The highest BCUT2D eigenvalue weighted by molar-refractivity contribution is 7.92. The molecule has 0 aliphatic carbocycles. The van der Waals surface area contributed by atoms with Crippen LogP contribution < -0.4 is 4.72 Å². The van der Waals surface area contributed by atoms with Gasteiger partial charge in [-0.15, -0.1) is 0 Å². The van der Waals surface area contributed by atoms with E-state index in [2.05, 4.69) is 4.72 Å². The van der Waals surface area contributed by atoms with E-state index in [0.717, 1.165) is 6.26 Å². The molecule has 0 bridgehead atoms. The normalized spacial score (nSPS) is 11.7. The van der Waals surface area contributed by atoms with Crippen molar-refractivity contribution in [1.82, 2.24) is 0 Å². The number of fused-ring (bicyclic) bond motifs is 1. The Bertz CT molecular complexity index is 729. The van der Waals surface area contributed by atoms with Crippen LogP contribution in [-0.2, 0) is 10.0 Å². The van der Waals surface area contributed by atoms with E-state index in [0.29, 0.717) is 22.2 Å². The molecule has 0 aliphatic heterocycles. The molecule has 1 aromatic carbocycles. The Labute approximate surface area is 103 Å². The summed E-state index contributed by atoms with van der Waals surface area (Å²) in [4.78, 5) is 11.0. The van der Waals surface area contributed by atoms with Gasteiger partial charge in [0.25, 0.3) is 0 Å². The molecule has 0 radical (unpaired) electrons. The van der Waals surface area contributed by atoms with Gasteiger partial charge in [0.2, 0.25) is 15.8 Å². The van der Waals surface area contributed by atoms with Crippen LogP contribution in [0.1, 0.15) is 16.1 Å². The van der Waals surface area contributed by atoms with Crippen LogP contribution in [0.2, 0.25) is 0 Å². The molecule has 2 aromatic rings. The zero-order valence-corrected chi connectivity index (χ0v) is 10.5. The fourth-order valence-electron chi connectivity index (χ4n) is 1.79. The van der Waals surface area contributed by atoms with Gasteiger partial charge in [-0.05, 0) is 19.1 Å². The van der Waals surface area contributed by atoms with Crippen molar-refractivity contribution in [2.75, 3.05) is 11.0 Å².